The van der Waals surface area contributed by atoms with Crippen molar-refractivity contribution >= 4 is 11.7 Å². The molecular formula is C15H12N4O4. The molecule has 0 aliphatic carbocycles. The van der Waals surface area contributed by atoms with Crippen LogP contribution in [0.25, 0.3) is 0 Å². The fourth-order valence-electron chi connectivity index (χ4n) is 2.71. The summed E-state index contributed by atoms with van der Waals surface area (Å²) in [5.74, 6) is -1.80. The van der Waals surface area contributed by atoms with Crippen LogP contribution in [0.2, 0.25) is 0 Å². The van der Waals surface area contributed by atoms with Gasteiger partial charge < -0.3 is 10.1 Å². The van der Waals surface area contributed by atoms with Crippen molar-refractivity contribution in [1.82, 2.24) is 9.97 Å². The van der Waals surface area contributed by atoms with E-state index >= 15 is 0 Å². The van der Waals surface area contributed by atoms with E-state index in [1.54, 1.807) is 24.3 Å². The van der Waals surface area contributed by atoms with Crippen LogP contribution >= 0.6 is 0 Å². The molecule has 2 aromatic rings. The van der Waals surface area contributed by atoms with Crippen molar-refractivity contribution in [2.24, 2.45) is 5.92 Å². The minimum absolute atomic E-state index is 0.0241. The number of benzene rings is 1. The number of nitrogens with zero attached hydrogens (tertiary/aromatic N) is 1. The van der Waals surface area contributed by atoms with Crippen LogP contribution in [-0.4, -0.2) is 23.0 Å². The highest BCUT2D eigenvalue weighted by atomic mass is 16.5. The standard InChI is InChI=1S/C15H12N4O4/c1-23-8-4-2-7(3-5-8)10-9(6-16)13(20)17-12-11(10)14(21)19-15(22)18-12/h2-5,9-10H,1H3,(H3,17,18,19,20,21,22). The predicted octanol–water partition coefficient (Wildman–Crippen LogP) is 0.296. The Hall–Kier alpha value is -3.34. The van der Waals surface area contributed by atoms with Crippen molar-refractivity contribution in [3.63, 3.8) is 0 Å². The first kappa shape index (κ1) is 14.6. The Morgan fingerprint density at radius 3 is 2.43 bits per heavy atom. The first-order valence-corrected chi connectivity index (χ1v) is 6.76. The van der Waals surface area contributed by atoms with Gasteiger partial charge in [0.2, 0.25) is 5.91 Å². The summed E-state index contributed by atoms with van der Waals surface area (Å²) in [7, 11) is 1.52. The number of anilines is 1. The zero-order valence-corrected chi connectivity index (χ0v) is 12.0. The molecule has 1 aromatic carbocycles. The van der Waals surface area contributed by atoms with Gasteiger partial charge in [-0.25, -0.2) is 4.79 Å². The van der Waals surface area contributed by atoms with Gasteiger partial charge in [-0.05, 0) is 17.7 Å². The maximum Gasteiger partial charge on any atom is 0.327 e. The van der Waals surface area contributed by atoms with Gasteiger partial charge in [-0.1, -0.05) is 12.1 Å². The fourth-order valence-corrected chi connectivity index (χ4v) is 2.71. The minimum atomic E-state index is -1.08. The van der Waals surface area contributed by atoms with Gasteiger partial charge in [0.25, 0.3) is 5.56 Å². The lowest BCUT2D eigenvalue weighted by Gasteiger charge is -2.28. The summed E-state index contributed by atoms with van der Waals surface area (Å²) in [5, 5.41) is 11.7. The van der Waals surface area contributed by atoms with E-state index in [0.717, 1.165) is 0 Å². The zero-order valence-electron chi connectivity index (χ0n) is 12.0. The Bertz CT molecular complexity index is 920. The number of amides is 1. The third-order valence-corrected chi connectivity index (χ3v) is 3.77. The molecule has 0 saturated carbocycles. The summed E-state index contributed by atoms with van der Waals surface area (Å²) in [5.41, 5.74) is -0.602. The molecule has 116 valence electrons. The Morgan fingerprint density at radius 2 is 1.83 bits per heavy atom. The number of carbonyl (C=O) groups is 1. The van der Waals surface area contributed by atoms with E-state index in [-0.39, 0.29) is 11.4 Å². The van der Waals surface area contributed by atoms with E-state index in [2.05, 4.69) is 15.3 Å². The Morgan fingerprint density at radius 1 is 1.13 bits per heavy atom. The molecule has 3 rings (SSSR count). The third kappa shape index (κ3) is 2.38. The number of hydrogen-bond acceptors (Lipinski definition) is 5. The number of fused-ring (bicyclic) bond motifs is 1. The summed E-state index contributed by atoms with van der Waals surface area (Å²) < 4.78 is 5.08. The summed E-state index contributed by atoms with van der Waals surface area (Å²) in [6.45, 7) is 0. The highest BCUT2D eigenvalue weighted by Crippen LogP contribution is 2.37. The topological polar surface area (TPSA) is 128 Å². The van der Waals surface area contributed by atoms with Crippen LogP contribution < -0.4 is 21.3 Å². The van der Waals surface area contributed by atoms with Gasteiger partial charge in [0.15, 0.2) is 0 Å². The number of methoxy groups -OCH3 is 1. The number of nitriles is 1. The van der Waals surface area contributed by atoms with E-state index in [1.807, 2.05) is 6.07 Å². The molecule has 8 nitrogen and oxygen atoms in total. The lowest BCUT2D eigenvalue weighted by molar-refractivity contribution is -0.119. The molecule has 0 radical (unpaired) electrons. The second-order valence-electron chi connectivity index (χ2n) is 5.04. The average Bonchev–Trinajstić information content (AvgIpc) is 2.53. The molecule has 2 heterocycles. The summed E-state index contributed by atoms with van der Waals surface area (Å²) in [4.78, 5) is 40.2. The van der Waals surface area contributed by atoms with Crippen LogP contribution in [-0.2, 0) is 4.79 Å². The van der Waals surface area contributed by atoms with Gasteiger partial charge in [0.1, 0.15) is 17.5 Å². The van der Waals surface area contributed by atoms with E-state index in [0.29, 0.717) is 11.3 Å². The van der Waals surface area contributed by atoms with Crippen LogP contribution in [0.1, 0.15) is 17.0 Å². The zero-order chi connectivity index (χ0) is 16.6. The van der Waals surface area contributed by atoms with Gasteiger partial charge in [0.05, 0.1) is 18.7 Å². The van der Waals surface area contributed by atoms with Crippen LogP contribution in [0.5, 0.6) is 5.75 Å². The molecule has 3 N–H and O–H groups in total. The van der Waals surface area contributed by atoms with Gasteiger partial charge in [-0.3, -0.25) is 19.6 Å². The molecule has 1 aliphatic rings. The minimum Gasteiger partial charge on any atom is -0.497 e. The first-order chi connectivity index (χ1) is 11.0. The van der Waals surface area contributed by atoms with Crippen LogP contribution in [0.15, 0.2) is 33.9 Å². The molecule has 2 unspecified atom stereocenters. The Balaban J connectivity index is 2.24. The van der Waals surface area contributed by atoms with Crippen LogP contribution in [0, 0.1) is 17.2 Å². The van der Waals surface area contributed by atoms with Gasteiger partial charge in [-0.15, -0.1) is 0 Å². The maximum absolute atomic E-state index is 12.2. The molecule has 1 amide bonds. The molecule has 1 aromatic heterocycles. The molecule has 0 bridgehead atoms. The third-order valence-electron chi connectivity index (χ3n) is 3.77. The van der Waals surface area contributed by atoms with E-state index in [1.165, 1.54) is 7.11 Å². The van der Waals surface area contributed by atoms with Crippen molar-refractivity contribution in [3.05, 3.63) is 56.2 Å². The second-order valence-corrected chi connectivity index (χ2v) is 5.04. The van der Waals surface area contributed by atoms with Gasteiger partial charge >= 0.3 is 5.69 Å². The molecule has 0 fully saturated rings. The van der Waals surface area contributed by atoms with Crippen molar-refractivity contribution in [3.8, 4) is 11.8 Å². The van der Waals surface area contributed by atoms with Crippen molar-refractivity contribution in [1.29, 1.82) is 5.26 Å². The Kier molecular flexibility index (Phi) is 3.46. The molecule has 23 heavy (non-hydrogen) atoms. The SMILES string of the molecule is COc1ccc(C2c3c([nH]c(=O)[nH]c3=O)NC(=O)C2C#N)cc1. The van der Waals surface area contributed by atoms with E-state index in [9.17, 15) is 19.6 Å². The maximum atomic E-state index is 12.2. The van der Waals surface area contributed by atoms with Gasteiger partial charge in [-0.2, -0.15) is 5.26 Å². The fraction of sp³-hybridized carbons (Fsp3) is 0.200. The largest absolute Gasteiger partial charge is 0.497 e. The molecular weight excluding hydrogens is 300 g/mol. The predicted molar refractivity (Wildman–Crippen MR) is 80.3 cm³/mol. The summed E-state index contributed by atoms with van der Waals surface area (Å²) >= 11 is 0. The van der Waals surface area contributed by atoms with Crippen molar-refractivity contribution < 1.29 is 9.53 Å². The number of aromatic nitrogens is 2. The Labute approximate surface area is 129 Å². The number of ether oxygens (including phenoxy) is 1. The van der Waals surface area contributed by atoms with Crippen molar-refractivity contribution in [2.75, 3.05) is 12.4 Å². The first-order valence-electron chi connectivity index (χ1n) is 6.76. The summed E-state index contributed by atoms with van der Waals surface area (Å²) in [6.07, 6.45) is 0. The number of H-pyrrole nitrogens is 2. The second kappa shape index (κ2) is 5.46. The quantitative estimate of drug-likeness (QED) is 0.734. The van der Waals surface area contributed by atoms with Gasteiger partial charge in [0, 0.05) is 5.92 Å². The summed E-state index contributed by atoms with van der Waals surface area (Å²) in [6, 6.07) is 8.64. The van der Waals surface area contributed by atoms with Crippen LogP contribution in [0.3, 0.4) is 0 Å². The molecule has 2 atom stereocenters. The monoisotopic (exact) mass is 312 g/mol. The average molecular weight is 312 g/mol. The lowest BCUT2D eigenvalue weighted by Crippen LogP contribution is -2.40. The molecule has 0 spiro atoms. The number of aromatic amines is 2. The van der Waals surface area contributed by atoms with E-state index < -0.39 is 29.0 Å². The van der Waals surface area contributed by atoms with Crippen LogP contribution in [0.4, 0.5) is 5.82 Å². The van der Waals surface area contributed by atoms with Crippen molar-refractivity contribution in [2.45, 2.75) is 5.92 Å². The highest BCUT2D eigenvalue weighted by Gasteiger charge is 2.39. The smallest absolute Gasteiger partial charge is 0.327 e. The van der Waals surface area contributed by atoms with E-state index in [4.69, 9.17) is 4.74 Å². The lowest BCUT2D eigenvalue weighted by atomic mass is 9.79. The number of nitrogens with one attached hydrogen (secondary N) is 3. The highest BCUT2D eigenvalue weighted by molar-refractivity contribution is 5.97. The molecule has 1 aliphatic heterocycles. The normalized spacial score (nSPS) is 19.4. The molecule has 8 heteroatoms. The number of carbonyl (C=O) groups excluding carboxylic acids is 1. The molecule has 0 saturated heterocycles. The number of rotatable bonds is 2. The number of hydrogen-bond donors (Lipinski definition) is 3.